The van der Waals surface area contributed by atoms with Gasteiger partial charge in [-0.15, -0.1) is 0 Å². The van der Waals surface area contributed by atoms with Crippen LogP contribution in [0.3, 0.4) is 0 Å². The Labute approximate surface area is 107 Å². The van der Waals surface area contributed by atoms with E-state index in [2.05, 4.69) is 5.32 Å². The third-order valence-electron chi connectivity index (χ3n) is 2.39. The Hall–Kier alpha value is -2.39. The highest BCUT2D eigenvalue weighted by molar-refractivity contribution is 7.07. The zero-order chi connectivity index (χ0) is 13.0. The normalized spacial score (nSPS) is 9.72. The van der Waals surface area contributed by atoms with E-state index < -0.39 is 4.92 Å². The number of hydrogen-bond donors (Lipinski definition) is 1. The summed E-state index contributed by atoms with van der Waals surface area (Å²) in [6.45, 7) is 0.524. The van der Waals surface area contributed by atoms with Crippen LogP contribution in [0.4, 0.5) is 11.4 Å². The van der Waals surface area contributed by atoms with Gasteiger partial charge >= 0.3 is 0 Å². The summed E-state index contributed by atoms with van der Waals surface area (Å²) in [7, 11) is 0. The largest absolute Gasteiger partial charge is 0.375 e. The van der Waals surface area contributed by atoms with Crippen molar-refractivity contribution in [3.8, 4) is 6.07 Å². The second-order valence-corrected chi connectivity index (χ2v) is 4.37. The maximum atomic E-state index is 10.9. The van der Waals surface area contributed by atoms with Crippen LogP contribution >= 0.6 is 11.3 Å². The van der Waals surface area contributed by atoms with Crippen molar-refractivity contribution in [3.05, 3.63) is 56.3 Å². The minimum Gasteiger partial charge on any atom is -0.375 e. The summed E-state index contributed by atoms with van der Waals surface area (Å²) >= 11 is 1.57. The molecule has 1 aromatic carbocycles. The number of nitrogens with zero attached hydrogens (tertiary/aromatic N) is 2. The summed E-state index contributed by atoms with van der Waals surface area (Å²) in [5.41, 5.74) is 1.69. The smallest absolute Gasteiger partial charge is 0.293 e. The molecule has 6 heteroatoms. The lowest BCUT2D eigenvalue weighted by Gasteiger charge is -2.06. The molecule has 0 aliphatic carbocycles. The monoisotopic (exact) mass is 259 g/mol. The predicted octanol–water partition coefficient (Wildman–Crippen LogP) is 3.14. The Kier molecular flexibility index (Phi) is 3.55. The minimum absolute atomic E-state index is 0.0794. The van der Waals surface area contributed by atoms with E-state index in [0.29, 0.717) is 12.2 Å². The van der Waals surface area contributed by atoms with Crippen molar-refractivity contribution in [3.63, 3.8) is 0 Å². The summed E-state index contributed by atoms with van der Waals surface area (Å²) < 4.78 is 0. The third-order valence-corrected chi connectivity index (χ3v) is 3.12. The number of nitriles is 1. The van der Waals surface area contributed by atoms with Crippen LogP contribution in [0.1, 0.15) is 11.1 Å². The van der Waals surface area contributed by atoms with Gasteiger partial charge in [0.1, 0.15) is 5.69 Å². The van der Waals surface area contributed by atoms with Gasteiger partial charge in [-0.25, -0.2) is 0 Å². The van der Waals surface area contributed by atoms with Crippen LogP contribution in [0.2, 0.25) is 0 Å². The number of anilines is 1. The molecule has 0 atom stereocenters. The fraction of sp³-hybridized carbons (Fsp3) is 0.0833. The molecule has 1 heterocycles. The van der Waals surface area contributed by atoms with Gasteiger partial charge in [0.05, 0.1) is 16.6 Å². The molecule has 2 aromatic rings. The molecule has 18 heavy (non-hydrogen) atoms. The molecule has 0 aliphatic heterocycles. The molecule has 0 saturated heterocycles. The van der Waals surface area contributed by atoms with Crippen LogP contribution < -0.4 is 5.32 Å². The van der Waals surface area contributed by atoms with Gasteiger partial charge < -0.3 is 5.32 Å². The van der Waals surface area contributed by atoms with Crippen LogP contribution in [0.5, 0.6) is 0 Å². The van der Waals surface area contributed by atoms with Crippen LogP contribution in [-0.4, -0.2) is 4.92 Å². The van der Waals surface area contributed by atoms with E-state index in [1.807, 2.05) is 22.9 Å². The number of nitro groups is 1. The molecule has 0 spiro atoms. The summed E-state index contributed by atoms with van der Waals surface area (Å²) in [6.07, 6.45) is 0. The third kappa shape index (κ3) is 2.64. The number of nitro benzene ring substituents is 1. The lowest BCUT2D eigenvalue weighted by Crippen LogP contribution is -2.02. The quantitative estimate of drug-likeness (QED) is 0.675. The van der Waals surface area contributed by atoms with Crippen LogP contribution in [0.15, 0.2) is 35.0 Å². The minimum atomic E-state index is -0.489. The first-order valence-corrected chi connectivity index (χ1v) is 6.08. The molecule has 0 amide bonds. The van der Waals surface area contributed by atoms with Crippen molar-refractivity contribution in [2.45, 2.75) is 6.54 Å². The van der Waals surface area contributed by atoms with E-state index in [0.717, 1.165) is 5.56 Å². The van der Waals surface area contributed by atoms with E-state index >= 15 is 0 Å². The van der Waals surface area contributed by atoms with Gasteiger partial charge in [0, 0.05) is 12.6 Å². The van der Waals surface area contributed by atoms with Gasteiger partial charge in [0.2, 0.25) is 0 Å². The average Bonchev–Trinajstić information content (AvgIpc) is 2.89. The van der Waals surface area contributed by atoms with E-state index in [9.17, 15) is 10.1 Å². The first-order chi connectivity index (χ1) is 8.70. The van der Waals surface area contributed by atoms with Gasteiger partial charge in [0.15, 0.2) is 0 Å². The second kappa shape index (κ2) is 5.29. The zero-order valence-corrected chi connectivity index (χ0v) is 10.1. The molecule has 5 nitrogen and oxygen atoms in total. The first kappa shape index (κ1) is 12.1. The number of rotatable bonds is 4. The van der Waals surface area contributed by atoms with Crippen LogP contribution in [0.25, 0.3) is 0 Å². The summed E-state index contributed by atoms with van der Waals surface area (Å²) in [4.78, 5) is 10.4. The van der Waals surface area contributed by atoms with Gasteiger partial charge in [-0.05, 0) is 34.5 Å². The fourth-order valence-corrected chi connectivity index (χ4v) is 2.16. The fourth-order valence-electron chi connectivity index (χ4n) is 1.49. The average molecular weight is 259 g/mol. The summed E-state index contributed by atoms with van der Waals surface area (Å²) in [5.74, 6) is 0. The lowest BCUT2D eigenvalue weighted by atomic mass is 10.2. The Balaban J connectivity index is 2.22. The molecule has 0 fully saturated rings. The Morgan fingerprint density at radius 2 is 2.28 bits per heavy atom. The van der Waals surface area contributed by atoms with Gasteiger partial charge in [-0.2, -0.15) is 16.6 Å². The molecular formula is C12H9N3O2S. The Morgan fingerprint density at radius 3 is 2.89 bits per heavy atom. The molecule has 2 rings (SSSR count). The van der Waals surface area contributed by atoms with Crippen LogP contribution in [0, 0.1) is 21.4 Å². The highest BCUT2D eigenvalue weighted by Gasteiger charge is 2.14. The predicted molar refractivity (Wildman–Crippen MR) is 69.5 cm³/mol. The SMILES string of the molecule is N#Cc1ccc(NCc2ccsc2)c([N+](=O)[O-])c1. The summed E-state index contributed by atoms with van der Waals surface area (Å²) in [6, 6.07) is 8.23. The molecule has 0 unspecified atom stereocenters. The molecular weight excluding hydrogens is 250 g/mol. The number of nitrogens with one attached hydrogen (secondary N) is 1. The van der Waals surface area contributed by atoms with Gasteiger partial charge in [-0.3, -0.25) is 10.1 Å². The van der Waals surface area contributed by atoms with Crippen molar-refractivity contribution >= 4 is 22.7 Å². The molecule has 0 aliphatic rings. The standard InChI is InChI=1S/C12H9N3O2S/c13-6-9-1-2-11(12(5-9)15(16)17)14-7-10-3-4-18-8-10/h1-5,8,14H,7H2. The van der Waals surface area contributed by atoms with Gasteiger partial charge in [-0.1, -0.05) is 0 Å². The Bertz CT molecular complexity index is 602. The number of benzene rings is 1. The van der Waals surface area contributed by atoms with Crippen molar-refractivity contribution < 1.29 is 4.92 Å². The topological polar surface area (TPSA) is 79.0 Å². The molecule has 1 aromatic heterocycles. The van der Waals surface area contributed by atoms with Crippen molar-refractivity contribution in [2.75, 3.05) is 5.32 Å². The van der Waals surface area contributed by atoms with E-state index in [4.69, 9.17) is 5.26 Å². The lowest BCUT2D eigenvalue weighted by molar-refractivity contribution is -0.384. The van der Waals surface area contributed by atoms with E-state index in [-0.39, 0.29) is 11.3 Å². The van der Waals surface area contributed by atoms with E-state index in [1.54, 1.807) is 23.5 Å². The molecule has 0 bridgehead atoms. The molecule has 0 saturated carbocycles. The maximum Gasteiger partial charge on any atom is 0.293 e. The molecule has 90 valence electrons. The molecule has 0 radical (unpaired) electrons. The maximum absolute atomic E-state index is 10.9. The first-order valence-electron chi connectivity index (χ1n) is 5.14. The van der Waals surface area contributed by atoms with Crippen molar-refractivity contribution in [1.29, 1.82) is 5.26 Å². The summed E-state index contributed by atoms with van der Waals surface area (Å²) in [5, 5.41) is 26.6. The molecule has 1 N–H and O–H groups in total. The highest BCUT2D eigenvalue weighted by atomic mass is 32.1. The number of hydrogen-bond acceptors (Lipinski definition) is 5. The zero-order valence-electron chi connectivity index (χ0n) is 9.29. The second-order valence-electron chi connectivity index (χ2n) is 3.59. The highest BCUT2D eigenvalue weighted by Crippen LogP contribution is 2.26. The van der Waals surface area contributed by atoms with Crippen molar-refractivity contribution in [2.24, 2.45) is 0 Å². The van der Waals surface area contributed by atoms with E-state index in [1.165, 1.54) is 6.07 Å². The van der Waals surface area contributed by atoms with Crippen molar-refractivity contribution in [1.82, 2.24) is 0 Å². The Morgan fingerprint density at radius 1 is 1.44 bits per heavy atom. The van der Waals surface area contributed by atoms with Crippen LogP contribution in [-0.2, 0) is 6.54 Å². The van der Waals surface area contributed by atoms with Gasteiger partial charge in [0.25, 0.3) is 5.69 Å². The number of thiophene rings is 1.